The zero-order valence-electron chi connectivity index (χ0n) is 7.88. The Morgan fingerprint density at radius 3 is 3.00 bits per heavy atom. The second kappa shape index (κ2) is 4.58. The van der Waals surface area contributed by atoms with Gasteiger partial charge in [0.15, 0.2) is 0 Å². The molecule has 0 aromatic heterocycles. The Morgan fingerprint density at radius 1 is 1.67 bits per heavy atom. The average molecular weight is 171 g/mol. The molecule has 3 nitrogen and oxygen atoms in total. The molecular formula is C9H17NO2. The van der Waals surface area contributed by atoms with E-state index in [4.69, 9.17) is 4.74 Å². The summed E-state index contributed by atoms with van der Waals surface area (Å²) in [4.78, 5) is 13.4. The molecule has 1 aliphatic rings. The maximum absolute atomic E-state index is 11.2. The summed E-state index contributed by atoms with van der Waals surface area (Å²) in [5.74, 6) is 0.221. The quantitative estimate of drug-likeness (QED) is 0.612. The van der Waals surface area contributed by atoms with Gasteiger partial charge in [0.1, 0.15) is 5.78 Å². The number of hydrogen-bond acceptors (Lipinski definition) is 3. The Morgan fingerprint density at radius 2 is 2.42 bits per heavy atom. The van der Waals surface area contributed by atoms with Crippen molar-refractivity contribution in [3.63, 3.8) is 0 Å². The van der Waals surface area contributed by atoms with Gasteiger partial charge in [-0.25, -0.2) is 0 Å². The highest BCUT2D eigenvalue weighted by Crippen LogP contribution is 2.07. The molecule has 0 N–H and O–H groups in total. The molecule has 1 fully saturated rings. The number of rotatable bonds is 2. The van der Waals surface area contributed by atoms with Gasteiger partial charge < -0.3 is 4.74 Å². The fourth-order valence-electron chi connectivity index (χ4n) is 1.58. The molecule has 1 unspecified atom stereocenters. The molecule has 0 aliphatic carbocycles. The van der Waals surface area contributed by atoms with Gasteiger partial charge in [-0.05, 0) is 19.9 Å². The van der Waals surface area contributed by atoms with Crippen LogP contribution in [0.15, 0.2) is 0 Å². The van der Waals surface area contributed by atoms with E-state index >= 15 is 0 Å². The van der Waals surface area contributed by atoms with Gasteiger partial charge in [0, 0.05) is 13.2 Å². The summed E-state index contributed by atoms with van der Waals surface area (Å²) in [6.07, 6.45) is 1.04. The minimum atomic E-state index is -0.00231. The maximum Gasteiger partial charge on any atom is 0.149 e. The molecule has 1 heterocycles. The second-order valence-corrected chi connectivity index (χ2v) is 3.18. The van der Waals surface area contributed by atoms with Crippen LogP contribution in [0.5, 0.6) is 0 Å². The molecular weight excluding hydrogens is 154 g/mol. The first-order chi connectivity index (χ1) is 5.75. The zero-order valence-corrected chi connectivity index (χ0v) is 7.88. The molecule has 0 aromatic carbocycles. The van der Waals surface area contributed by atoms with Crippen LogP contribution in [0.3, 0.4) is 0 Å². The van der Waals surface area contributed by atoms with Crippen LogP contribution in [0, 0.1) is 0 Å². The topological polar surface area (TPSA) is 29.5 Å². The van der Waals surface area contributed by atoms with Crippen molar-refractivity contribution in [1.82, 2.24) is 4.90 Å². The smallest absolute Gasteiger partial charge is 0.149 e. The van der Waals surface area contributed by atoms with Gasteiger partial charge >= 0.3 is 0 Å². The highest BCUT2D eigenvalue weighted by Gasteiger charge is 2.23. The van der Waals surface area contributed by atoms with E-state index in [2.05, 4.69) is 11.8 Å². The Balaban J connectivity index is 2.57. The normalized spacial score (nSPS) is 26.7. The van der Waals surface area contributed by atoms with Crippen LogP contribution in [-0.2, 0) is 9.53 Å². The van der Waals surface area contributed by atoms with Gasteiger partial charge in [0.25, 0.3) is 0 Å². The van der Waals surface area contributed by atoms with Crippen molar-refractivity contribution in [3.05, 3.63) is 0 Å². The van der Waals surface area contributed by atoms with E-state index in [0.717, 1.165) is 26.1 Å². The fourth-order valence-corrected chi connectivity index (χ4v) is 1.58. The molecule has 12 heavy (non-hydrogen) atoms. The van der Waals surface area contributed by atoms with Gasteiger partial charge in [0.2, 0.25) is 0 Å². The number of likely N-dealkylation sites (N-methyl/N-ethyl adjacent to an activating group) is 1. The Bertz CT molecular complexity index is 159. The molecule has 0 bridgehead atoms. The Hall–Kier alpha value is -0.410. The molecule has 1 aliphatic heterocycles. The molecule has 1 atom stereocenters. The summed E-state index contributed by atoms with van der Waals surface area (Å²) in [5.41, 5.74) is 0. The minimum absolute atomic E-state index is 0.00231. The van der Waals surface area contributed by atoms with Crippen molar-refractivity contribution in [2.75, 3.05) is 26.3 Å². The van der Waals surface area contributed by atoms with Gasteiger partial charge in [0.05, 0.1) is 12.6 Å². The lowest BCUT2D eigenvalue weighted by Gasteiger charge is -2.25. The summed E-state index contributed by atoms with van der Waals surface area (Å²) in [5, 5.41) is 0. The summed E-state index contributed by atoms with van der Waals surface area (Å²) >= 11 is 0. The third-order valence-corrected chi connectivity index (χ3v) is 2.33. The van der Waals surface area contributed by atoms with Crippen molar-refractivity contribution in [1.29, 1.82) is 0 Å². The van der Waals surface area contributed by atoms with Crippen LogP contribution < -0.4 is 0 Å². The lowest BCUT2D eigenvalue weighted by atomic mass is 10.2. The van der Waals surface area contributed by atoms with E-state index in [1.807, 2.05) is 0 Å². The summed E-state index contributed by atoms with van der Waals surface area (Å²) in [7, 11) is 0. The average Bonchev–Trinajstić information content (AvgIpc) is 2.27. The molecule has 70 valence electrons. The predicted molar refractivity (Wildman–Crippen MR) is 47.2 cm³/mol. The molecule has 0 radical (unpaired) electrons. The van der Waals surface area contributed by atoms with Crippen LogP contribution in [-0.4, -0.2) is 43.0 Å². The van der Waals surface area contributed by atoms with Crippen LogP contribution in [0.2, 0.25) is 0 Å². The third-order valence-electron chi connectivity index (χ3n) is 2.33. The molecule has 0 amide bonds. The number of ketones is 1. The Labute approximate surface area is 73.7 Å². The van der Waals surface area contributed by atoms with Crippen molar-refractivity contribution in [2.24, 2.45) is 0 Å². The van der Waals surface area contributed by atoms with Crippen LogP contribution >= 0.6 is 0 Å². The van der Waals surface area contributed by atoms with E-state index in [9.17, 15) is 4.79 Å². The van der Waals surface area contributed by atoms with E-state index in [0.29, 0.717) is 6.61 Å². The largest absolute Gasteiger partial charge is 0.379 e. The van der Waals surface area contributed by atoms with Crippen molar-refractivity contribution in [3.8, 4) is 0 Å². The lowest BCUT2D eigenvalue weighted by Crippen LogP contribution is -2.42. The van der Waals surface area contributed by atoms with Crippen molar-refractivity contribution >= 4 is 5.78 Å². The third kappa shape index (κ3) is 2.29. The highest BCUT2D eigenvalue weighted by molar-refractivity contribution is 5.81. The van der Waals surface area contributed by atoms with Crippen LogP contribution in [0.1, 0.15) is 20.3 Å². The predicted octanol–water partition coefficient (Wildman–Crippen LogP) is 0.686. The van der Waals surface area contributed by atoms with Crippen LogP contribution in [0.25, 0.3) is 0 Å². The SMILES string of the molecule is CCN1CCCOCC1C(C)=O. The van der Waals surface area contributed by atoms with Crippen LogP contribution in [0.4, 0.5) is 0 Å². The summed E-state index contributed by atoms with van der Waals surface area (Å²) < 4.78 is 5.34. The van der Waals surface area contributed by atoms with E-state index < -0.39 is 0 Å². The monoisotopic (exact) mass is 171 g/mol. The van der Waals surface area contributed by atoms with E-state index in [1.54, 1.807) is 6.92 Å². The van der Waals surface area contributed by atoms with Gasteiger partial charge in [-0.2, -0.15) is 0 Å². The lowest BCUT2D eigenvalue weighted by molar-refractivity contribution is -0.123. The number of carbonyl (C=O) groups is 1. The second-order valence-electron chi connectivity index (χ2n) is 3.18. The maximum atomic E-state index is 11.2. The number of ether oxygens (including phenoxy) is 1. The number of Topliss-reactive ketones (excluding diaryl/α,β-unsaturated/α-hetero) is 1. The number of nitrogens with zero attached hydrogens (tertiary/aromatic N) is 1. The first-order valence-electron chi connectivity index (χ1n) is 4.58. The molecule has 3 heteroatoms. The standard InChI is InChI=1S/C9H17NO2/c1-3-10-5-4-6-12-7-9(10)8(2)11/h9H,3-7H2,1-2H3. The summed E-state index contributed by atoms with van der Waals surface area (Å²) in [6, 6.07) is -0.00231. The van der Waals surface area contributed by atoms with Gasteiger partial charge in [-0.1, -0.05) is 6.92 Å². The number of hydrogen-bond donors (Lipinski definition) is 0. The molecule has 0 aromatic rings. The molecule has 0 spiro atoms. The minimum Gasteiger partial charge on any atom is -0.379 e. The van der Waals surface area contributed by atoms with Gasteiger partial charge in [-0.15, -0.1) is 0 Å². The van der Waals surface area contributed by atoms with E-state index in [-0.39, 0.29) is 11.8 Å². The molecule has 0 saturated carbocycles. The van der Waals surface area contributed by atoms with Gasteiger partial charge in [-0.3, -0.25) is 9.69 Å². The van der Waals surface area contributed by atoms with Crippen molar-refractivity contribution < 1.29 is 9.53 Å². The first-order valence-corrected chi connectivity index (χ1v) is 4.58. The highest BCUT2D eigenvalue weighted by atomic mass is 16.5. The van der Waals surface area contributed by atoms with Crippen molar-refractivity contribution in [2.45, 2.75) is 26.3 Å². The first kappa shape index (κ1) is 9.68. The van der Waals surface area contributed by atoms with E-state index in [1.165, 1.54) is 0 Å². The summed E-state index contributed by atoms with van der Waals surface area (Å²) in [6.45, 7) is 7.01. The number of carbonyl (C=O) groups excluding carboxylic acids is 1. The fraction of sp³-hybridized carbons (Fsp3) is 0.889. The molecule has 1 rings (SSSR count). The molecule has 1 saturated heterocycles. The zero-order chi connectivity index (χ0) is 8.97. The Kier molecular flexibility index (Phi) is 3.69.